The summed E-state index contributed by atoms with van der Waals surface area (Å²) in [6, 6.07) is -2.78. The van der Waals surface area contributed by atoms with E-state index in [1.54, 1.807) is 20.0 Å². The van der Waals surface area contributed by atoms with Crippen molar-refractivity contribution >= 4 is 17.8 Å². The van der Waals surface area contributed by atoms with Gasteiger partial charge in [0.15, 0.2) is 0 Å². The van der Waals surface area contributed by atoms with E-state index in [0.717, 1.165) is 0 Å². The maximum Gasteiger partial charge on any atom is 0.326 e. The zero-order chi connectivity index (χ0) is 20.4. The van der Waals surface area contributed by atoms with Gasteiger partial charge in [-0.3, -0.25) is 9.59 Å². The summed E-state index contributed by atoms with van der Waals surface area (Å²) in [6.45, 7) is 3.98. The van der Waals surface area contributed by atoms with Gasteiger partial charge in [0.25, 0.3) is 0 Å². The summed E-state index contributed by atoms with van der Waals surface area (Å²) in [5.74, 6) is -2.40. The summed E-state index contributed by atoms with van der Waals surface area (Å²) in [7, 11) is 0. The van der Waals surface area contributed by atoms with E-state index >= 15 is 0 Å². The minimum absolute atomic E-state index is 0.244. The SMILES string of the molecule is CC(C)[C@H](NC(=O)[C@@H](N)Cc1cnc[nH]1)C(=O)N[C@@H](CCCCN)C(=O)O. The first-order chi connectivity index (χ1) is 12.8. The van der Waals surface area contributed by atoms with Crippen molar-refractivity contribution in [3.63, 3.8) is 0 Å². The molecule has 0 aliphatic rings. The van der Waals surface area contributed by atoms with Gasteiger partial charge in [0.2, 0.25) is 11.8 Å². The van der Waals surface area contributed by atoms with Crippen molar-refractivity contribution in [1.29, 1.82) is 0 Å². The summed E-state index contributed by atoms with van der Waals surface area (Å²) in [5.41, 5.74) is 12.0. The van der Waals surface area contributed by atoms with E-state index in [2.05, 4.69) is 20.6 Å². The molecule has 0 bridgehead atoms. The Balaban J connectivity index is 2.67. The Morgan fingerprint density at radius 2 is 1.93 bits per heavy atom. The molecule has 0 radical (unpaired) electrons. The number of nitrogens with two attached hydrogens (primary N) is 2. The van der Waals surface area contributed by atoms with Crippen molar-refractivity contribution in [2.24, 2.45) is 17.4 Å². The van der Waals surface area contributed by atoms with Crippen molar-refractivity contribution in [3.05, 3.63) is 18.2 Å². The average Bonchev–Trinajstić information content (AvgIpc) is 3.10. The molecule has 1 rings (SSSR count). The van der Waals surface area contributed by atoms with Gasteiger partial charge in [0.1, 0.15) is 12.1 Å². The van der Waals surface area contributed by atoms with Crippen molar-refractivity contribution in [3.8, 4) is 0 Å². The van der Waals surface area contributed by atoms with Crippen molar-refractivity contribution < 1.29 is 19.5 Å². The quantitative estimate of drug-likeness (QED) is 0.254. The fourth-order valence-corrected chi connectivity index (χ4v) is 2.53. The standard InChI is InChI=1S/C17H30N6O4/c1-10(2)14(16(25)22-13(17(26)27)5-3-4-6-18)23-15(24)12(19)7-11-8-20-9-21-11/h8-10,12-14H,3-7,18-19H2,1-2H3,(H,20,21)(H,22,25)(H,23,24)(H,26,27)/t12-,13-,14-/m0/s1. The lowest BCUT2D eigenvalue weighted by atomic mass is 10.0. The van der Waals surface area contributed by atoms with E-state index in [-0.39, 0.29) is 18.8 Å². The highest BCUT2D eigenvalue weighted by Gasteiger charge is 2.29. The number of hydrogen-bond acceptors (Lipinski definition) is 6. The number of carboxylic acid groups (broad SMARTS) is 1. The first-order valence-corrected chi connectivity index (χ1v) is 9.02. The lowest BCUT2D eigenvalue weighted by Crippen LogP contribution is -2.56. The molecule has 10 heteroatoms. The summed E-state index contributed by atoms with van der Waals surface area (Å²) in [5, 5.41) is 14.4. The van der Waals surface area contributed by atoms with Gasteiger partial charge in [0.05, 0.1) is 12.4 Å². The molecule has 1 aromatic rings. The van der Waals surface area contributed by atoms with Crippen LogP contribution in [0, 0.1) is 5.92 Å². The number of carbonyl (C=O) groups excluding carboxylic acids is 2. The minimum atomic E-state index is -1.12. The summed E-state index contributed by atoms with van der Waals surface area (Å²) in [4.78, 5) is 43.0. The van der Waals surface area contributed by atoms with Crippen molar-refractivity contribution in [2.45, 2.75) is 57.7 Å². The molecule has 3 atom stereocenters. The van der Waals surface area contributed by atoms with E-state index in [1.165, 1.54) is 6.33 Å². The van der Waals surface area contributed by atoms with Crippen LogP contribution in [-0.2, 0) is 20.8 Å². The average molecular weight is 382 g/mol. The smallest absolute Gasteiger partial charge is 0.326 e. The van der Waals surface area contributed by atoms with Gasteiger partial charge in [0, 0.05) is 18.3 Å². The number of aliphatic carboxylic acids is 1. The molecule has 0 fully saturated rings. The molecule has 27 heavy (non-hydrogen) atoms. The third kappa shape index (κ3) is 7.75. The number of nitrogens with zero attached hydrogens (tertiary/aromatic N) is 1. The van der Waals surface area contributed by atoms with E-state index in [4.69, 9.17) is 11.5 Å². The maximum atomic E-state index is 12.5. The molecule has 1 heterocycles. The van der Waals surface area contributed by atoms with Crippen LogP contribution in [0.3, 0.4) is 0 Å². The van der Waals surface area contributed by atoms with Crippen LogP contribution in [0.2, 0.25) is 0 Å². The van der Waals surface area contributed by atoms with Crippen molar-refractivity contribution in [2.75, 3.05) is 6.54 Å². The number of aromatic nitrogens is 2. The van der Waals surface area contributed by atoms with Gasteiger partial charge >= 0.3 is 5.97 Å². The zero-order valence-electron chi connectivity index (χ0n) is 15.8. The predicted octanol–water partition coefficient (Wildman–Crippen LogP) is -0.881. The van der Waals surface area contributed by atoms with Gasteiger partial charge in [-0.05, 0) is 31.7 Å². The molecular weight excluding hydrogens is 352 g/mol. The summed E-state index contributed by atoms with van der Waals surface area (Å²) < 4.78 is 0. The van der Waals surface area contributed by atoms with Crippen LogP contribution in [-0.4, -0.2) is 57.5 Å². The number of nitrogens with one attached hydrogen (secondary N) is 3. The predicted molar refractivity (Wildman–Crippen MR) is 99.5 cm³/mol. The van der Waals surface area contributed by atoms with Crippen molar-refractivity contribution in [1.82, 2.24) is 20.6 Å². The normalized spacial score (nSPS) is 14.4. The van der Waals surface area contributed by atoms with Crippen LogP contribution >= 0.6 is 0 Å². The highest BCUT2D eigenvalue weighted by atomic mass is 16.4. The third-order valence-corrected chi connectivity index (χ3v) is 4.14. The molecule has 8 N–H and O–H groups in total. The summed E-state index contributed by atoms with van der Waals surface area (Å²) >= 11 is 0. The van der Waals surface area contributed by atoms with E-state index < -0.39 is 35.9 Å². The third-order valence-electron chi connectivity index (χ3n) is 4.14. The van der Waals surface area contributed by atoms with Gasteiger partial charge in [-0.15, -0.1) is 0 Å². The number of amides is 2. The number of H-pyrrole nitrogens is 1. The number of carboxylic acids is 1. The molecule has 0 saturated heterocycles. The topological polar surface area (TPSA) is 176 Å². The van der Waals surface area contributed by atoms with Crippen LogP contribution in [0.25, 0.3) is 0 Å². The van der Waals surface area contributed by atoms with E-state index in [0.29, 0.717) is 25.1 Å². The second-order valence-electron chi connectivity index (χ2n) is 6.80. The molecule has 0 saturated carbocycles. The van der Waals surface area contributed by atoms with E-state index in [9.17, 15) is 19.5 Å². The Kier molecular flexibility index (Phi) is 9.45. The molecule has 10 nitrogen and oxygen atoms in total. The fourth-order valence-electron chi connectivity index (χ4n) is 2.53. The molecule has 2 amide bonds. The highest BCUT2D eigenvalue weighted by molar-refractivity contribution is 5.92. The Bertz CT molecular complexity index is 605. The van der Waals surface area contributed by atoms with Gasteiger partial charge in [-0.2, -0.15) is 0 Å². The van der Waals surface area contributed by atoms with Crippen LogP contribution < -0.4 is 22.1 Å². The molecule has 0 spiro atoms. The largest absolute Gasteiger partial charge is 0.480 e. The first kappa shape index (κ1) is 22.6. The molecule has 0 aliphatic heterocycles. The zero-order valence-corrected chi connectivity index (χ0v) is 15.8. The van der Waals surface area contributed by atoms with Gasteiger partial charge in [-0.25, -0.2) is 9.78 Å². The first-order valence-electron chi connectivity index (χ1n) is 9.02. The number of imidazole rings is 1. The maximum absolute atomic E-state index is 12.5. The Labute approximate surface area is 158 Å². The Morgan fingerprint density at radius 3 is 2.44 bits per heavy atom. The van der Waals surface area contributed by atoms with Crippen LogP contribution in [0.4, 0.5) is 0 Å². The van der Waals surface area contributed by atoms with Gasteiger partial charge < -0.3 is 32.2 Å². The molecule has 0 aliphatic carbocycles. The second kappa shape index (κ2) is 11.3. The minimum Gasteiger partial charge on any atom is -0.480 e. The fraction of sp³-hybridized carbons (Fsp3) is 0.647. The van der Waals surface area contributed by atoms with Crippen LogP contribution in [0.15, 0.2) is 12.5 Å². The molecule has 1 aromatic heterocycles. The molecule has 152 valence electrons. The van der Waals surface area contributed by atoms with Crippen LogP contribution in [0.5, 0.6) is 0 Å². The number of aromatic amines is 1. The van der Waals surface area contributed by atoms with Gasteiger partial charge in [-0.1, -0.05) is 13.8 Å². The number of rotatable bonds is 12. The molecular formula is C17H30N6O4. The highest BCUT2D eigenvalue weighted by Crippen LogP contribution is 2.07. The summed E-state index contributed by atoms with van der Waals surface area (Å²) in [6.07, 6.45) is 4.83. The van der Waals surface area contributed by atoms with Crippen LogP contribution in [0.1, 0.15) is 38.8 Å². The Morgan fingerprint density at radius 1 is 1.22 bits per heavy atom. The molecule has 0 unspecified atom stereocenters. The number of unbranched alkanes of at least 4 members (excludes halogenated alkanes) is 1. The lowest BCUT2D eigenvalue weighted by Gasteiger charge is -2.25. The second-order valence-corrected chi connectivity index (χ2v) is 6.80. The number of hydrogen-bond donors (Lipinski definition) is 6. The van der Waals surface area contributed by atoms with E-state index in [1.807, 2.05) is 0 Å². The lowest BCUT2D eigenvalue weighted by molar-refractivity contribution is -0.142. The number of carbonyl (C=O) groups is 3. The molecule has 0 aromatic carbocycles. The Hall–Kier alpha value is -2.46. The monoisotopic (exact) mass is 382 g/mol.